The third-order valence-corrected chi connectivity index (χ3v) is 6.76. The summed E-state index contributed by atoms with van der Waals surface area (Å²) in [6.07, 6.45) is 3.08. The number of rotatable bonds is 6. The smallest absolute Gasteiger partial charge is 0.225 e. The fourth-order valence-corrected chi connectivity index (χ4v) is 4.64. The van der Waals surface area contributed by atoms with Crippen LogP contribution in [0.3, 0.4) is 0 Å². The molecule has 2 N–H and O–H groups in total. The second kappa shape index (κ2) is 8.13. The molecule has 0 spiro atoms. The maximum Gasteiger partial charge on any atom is 0.225 e. The number of nitrogens with zero attached hydrogens (tertiary/aromatic N) is 1. The first-order valence-corrected chi connectivity index (χ1v) is 10.7. The van der Waals surface area contributed by atoms with Crippen LogP contribution in [0.25, 0.3) is 11.1 Å². The molecule has 0 bridgehead atoms. The molecule has 158 valence electrons. The summed E-state index contributed by atoms with van der Waals surface area (Å²) in [5.41, 5.74) is 8.49. The number of hydrogen-bond acceptors (Lipinski definition) is 3. The van der Waals surface area contributed by atoms with Gasteiger partial charge in [-0.25, -0.2) is 0 Å². The Balaban J connectivity index is 1.50. The van der Waals surface area contributed by atoms with Gasteiger partial charge < -0.3 is 15.4 Å². The van der Waals surface area contributed by atoms with E-state index in [9.17, 15) is 9.59 Å². The van der Waals surface area contributed by atoms with Crippen LogP contribution in [0.2, 0.25) is 0 Å². The zero-order chi connectivity index (χ0) is 21.3. The molecule has 1 heterocycles. The molecule has 2 aromatic carbocycles. The van der Waals surface area contributed by atoms with E-state index in [1.165, 1.54) is 0 Å². The molecule has 0 aromatic heterocycles. The van der Waals surface area contributed by atoms with Crippen molar-refractivity contribution in [3.63, 3.8) is 0 Å². The number of nitrogens with two attached hydrogens (primary N) is 1. The topological polar surface area (TPSA) is 72.6 Å². The maximum absolute atomic E-state index is 12.7. The van der Waals surface area contributed by atoms with Gasteiger partial charge in [-0.1, -0.05) is 43.3 Å². The number of piperidine rings is 1. The van der Waals surface area contributed by atoms with E-state index in [4.69, 9.17) is 10.5 Å². The van der Waals surface area contributed by atoms with Gasteiger partial charge in [0.05, 0.1) is 12.5 Å². The number of ether oxygens (including phenoxy) is 1. The minimum absolute atomic E-state index is 0.137. The van der Waals surface area contributed by atoms with Crippen LogP contribution >= 0.6 is 0 Å². The van der Waals surface area contributed by atoms with Crippen LogP contribution in [0.1, 0.15) is 31.7 Å². The van der Waals surface area contributed by atoms with Crippen LogP contribution in [0.15, 0.2) is 48.5 Å². The minimum Gasteiger partial charge on any atom is -0.497 e. The molecule has 1 aliphatic carbocycles. The summed E-state index contributed by atoms with van der Waals surface area (Å²) < 4.78 is 5.22. The highest BCUT2D eigenvalue weighted by atomic mass is 16.5. The Hall–Kier alpha value is -2.82. The predicted octanol–water partition coefficient (Wildman–Crippen LogP) is 3.65. The molecule has 2 amide bonds. The van der Waals surface area contributed by atoms with Gasteiger partial charge in [0.1, 0.15) is 5.75 Å². The molecule has 1 saturated carbocycles. The molecule has 3 atom stereocenters. The van der Waals surface area contributed by atoms with Gasteiger partial charge in [0.15, 0.2) is 0 Å². The lowest BCUT2D eigenvalue weighted by Crippen LogP contribution is -2.53. The van der Waals surface area contributed by atoms with Crippen molar-refractivity contribution in [2.75, 3.05) is 20.2 Å². The molecule has 2 aromatic rings. The molecule has 2 fully saturated rings. The van der Waals surface area contributed by atoms with Gasteiger partial charge in [-0.05, 0) is 60.4 Å². The molecule has 1 saturated heterocycles. The van der Waals surface area contributed by atoms with Crippen molar-refractivity contribution in [3.8, 4) is 16.9 Å². The van der Waals surface area contributed by atoms with E-state index in [0.717, 1.165) is 48.2 Å². The number of carbonyl (C=O) groups is 2. The Labute approximate surface area is 178 Å². The quantitative estimate of drug-likeness (QED) is 0.796. The van der Waals surface area contributed by atoms with Gasteiger partial charge in [-0.2, -0.15) is 0 Å². The summed E-state index contributed by atoms with van der Waals surface area (Å²) in [7, 11) is 1.66. The Morgan fingerprint density at radius 1 is 1.10 bits per heavy atom. The van der Waals surface area contributed by atoms with Crippen molar-refractivity contribution in [3.05, 3.63) is 54.1 Å². The number of benzene rings is 2. The average molecular weight is 407 g/mol. The standard InChI is InChI=1S/C25H30N2O3/c1-17-14-22(17)23(28)27-13-3-12-25(16-27,24(26)29)15-18-4-6-19(7-5-18)20-8-10-21(30-2)11-9-20/h4-11,17,22H,3,12-16H2,1-2H3,(H2,26,29)/t17-,22+,25-/m1/s1. The second-order valence-electron chi connectivity index (χ2n) is 8.93. The van der Waals surface area contributed by atoms with Crippen molar-refractivity contribution >= 4 is 11.8 Å². The Kier molecular flexibility index (Phi) is 5.54. The first-order chi connectivity index (χ1) is 14.4. The van der Waals surface area contributed by atoms with E-state index >= 15 is 0 Å². The molecular formula is C25H30N2O3. The molecular weight excluding hydrogens is 376 g/mol. The molecule has 5 heteroatoms. The Morgan fingerprint density at radius 3 is 2.23 bits per heavy atom. The van der Waals surface area contributed by atoms with Crippen molar-refractivity contribution in [1.82, 2.24) is 4.90 Å². The second-order valence-corrected chi connectivity index (χ2v) is 8.93. The number of likely N-dealkylation sites (tertiary alicyclic amines) is 1. The van der Waals surface area contributed by atoms with Crippen molar-refractivity contribution in [2.45, 2.75) is 32.6 Å². The van der Waals surface area contributed by atoms with Crippen molar-refractivity contribution in [2.24, 2.45) is 23.0 Å². The third kappa shape index (κ3) is 4.07. The number of primary amides is 1. The van der Waals surface area contributed by atoms with Gasteiger partial charge in [0.2, 0.25) is 11.8 Å². The fraction of sp³-hybridized carbons (Fsp3) is 0.440. The summed E-state index contributed by atoms with van der Waals surface area (Å²) in [5.74, 6) is 1.33. The summed E-state index contributed by atoms with van der Waals surface area (Å²) in [4.78, 5) is 27.1. The highest BCUT2D eigenvalue weighted by molar-refractivity contribution is 5.85. The van der Waals surface area contributed by atoms with Gasteiger partial charge in [0, 0.05) is 19.0 Å². The van der Waals surface area contributed by atoms with Crippen LogP contribution in [0, 0.1) is 17.3 Å². The SMILES string of the molecule is COc1ccc(-c2ccc(C[C@]3(C(N)=O)CCCN(C(=O)[C@H]4C[C@H]4C)C3)cc2)cc1. The van der Waals surface area contributed by atoms with E-state index in [2.05, 4.69) is 31.2 Å². The highest BCUT2D eigenvalue weighted by Crippen LogP contribution is 2.42. The number of carbonyl (C=O) groups excluding carboxylic acids is 2. The van der Waals surface area contributed by atoms with Crippen LogP contribution < -0.4 is 10.5 Å². The van der Waals surface area contributed by atoms with E-state index in [-0.39, 0.29) is 17.7 Å². The van der Waals surface area contributed by atoms with Crippen molar-refractivity contribution in [1.29, 1.82) is 0 Å². The fourth-order valence-electron chi connectivity index (χ4n) is 4.64. The lowest BCUT2D eigenvalue weighted by atomic mass is 9.74. The van der Waals surface area contributed by atoms with Gasteiger partial charge in [-0.3, -0.25) is 9.59 Å². The van der Waals surface area contributed by atoms with Crippen LogP contribution in [-0.2, 0) is 16.0 Å². The average Bonchev–Trinajstić information content (AvgIpc) is 3.50. The van der Waals surface area contributed by atoms with Crippen LogP contribution in [0.4, 0.5) is 0 Å². The summed E-state index contributed by atoms with van der Waals surface area (Å²) in [5, 5.41) is 0. The minimum atomic E-state index is -0.687. The zero-order valence-electron chi connectivity index (χ0n) is 17.8. The molecule has 4 rings (SSSR count). The predicted molar refractivity (Wildman–Crippen MR) is 117 cm³/mol. The number of methoxy groups -OCH3 is 1. The van der Waals surface area contributed by atoms with Gasteiger partial charge in [-0.15, -0.1) is 0 Å². The first kappa shape index (κ1) is 20.5. The maximum atomic E-state index is 12.7. The molecule has 2 aliphatic rings. The van der Waals surface area contributed by atoms with E-state index < -0.39 is 5.41 Å². The number of hydrogen-bond donors (Lipinski definition) is 1. The largest absolute Gasteiger partial charge is 0.497 e. The first-order valence-electron chi connectivity index (χ1n) is 10.7. The number of amides is 2. The van der Waals surface area contributed by atoms with E-state index in [0.29, 0.717) is 18.9 Å². The van der Waals surface area contributed by atoms with E-state index in [1.807, 2.05) is 29.2 Å². The van der Waals surface area contributed by atoms with Gasteiger partial charge >= 0.3 is 0 Å². The van der Waals surface area contributed by atoms with Crippen LogP contribution in [0.5, 0.6) is 5.75 Å². The summed E-state index contributed by atoms with van der Waals surface area (Å²) in [6, 6.07) is 16.2. The molecule has 0 radical (unpaired) electrons. The summed E-state index contributed by atoms with van der Waals surface area (Å²) in [6.45, 7) is 3.27. The van der Waals surface area contributed by atoms with Gasteiger partial charge in [0.25, 0.3) is 0 Å². The molecule has 0 unspecified atom stereocenters. The normalized spacial score (nSPS) is 25.6. The monoisotopic (exact) mass is 406 g/mol. The molecule has 5 nitrogen and oxygen atoms in total. The lowest BCUT2D eigenvalue weighted by molar-refractivity contribution is -0.141. The highest BCUT2D eigenvalue weighted by Gasteiger charge is 2.47. The van der Waals surface area contributed by atoms with Crippen molar-refractivity contribution < 1.29 is 14.3 Å². The Morgan fingerprint density at radius 2 is 1.70 bits per heavy atom. The lowest BCUT2D eigenvalue weighted by Gasteiger charge is -2.41. The van der Waals surface area contributed by atoms with Crippen LogP contribution in [-0.4, -0.2) is 36.9 Å². The summed E-state index contributed by atoms with van der Waals surface area (Å²) >= 11 is 0. The third-order valence-electron chi connectivity index (χ3n) is 6.76. The molecule has 1 aliphatic heterocycles. The Bertz CT molecular complexity index is 922. The zero-order valence-corrected chi connectivity index (χ0v) is 17.8. The molecule has 30 heavy (non-hydrogen) atoms. The van der Waals surface area contributed by atoms with E-state index in [1.54, 1.807) is 7.11 Å².